The van der Waals surface area contributed by atoms with Gasteiger partial charge < -0.3 is 5.11 Å². The summed E-state index contributed by atoms with van der Waals surface area (Å²) in [6.07, 6.45) is 4.94. The predicted octanol–water partition coefficient (Wildman–Crippen LogP) is 2.74. The molecular formula is C15H14N2O2S. The number of fused-ring (bicyclic) bond motifs is 1. The second-order valence-electron chi connectivity index (χ2n) is 4.77. The topological polar surface area (TPSA) is 63.1 Å². The third-order valence-corrected chi connectivity index (χ3v) is 4.38. The Morgan fingerprint density at radius 1 is 1.20 bits per heavy atom. The van der Waals surface area contributed by atoms with Crippen LogP contribution in [-0.4, -0.2) is 21.0 Å². The number of carboxylic acids is 1. The average molecular weight is 286 g/mol. The van der Waals surface area contributed by atoms with Crippen molar-refractivity contribution >= 4 is 17.7 Å². The Hall–Kier alpha value is -1.88. The molecule has 1 heterocycles. The fourth-order valence-corrected chi connectivity index (χ4v) is 3.32. The van der Waals surface area contributed by atoms with Crippen LogP contribution >= 0.6 is 11.8 Å². The van der Waals surface area contributed by atoms with Crippen molar-refractivity contribution in [3.63, 3.8) is 0 Å². The van der Waals surface area contributed by atoms with Crippen LogP contribution in [0.25, 0.3) is 0 Å². The van der Waals surface area contributed by atoms with Crippen LogP contribution in [0.5, 0.6) is 0 Å². The maximum absolute atomic E-state index is 10.7. The molecular weight excluding hydrogens is 272 g/mol. The fourth-order valence-electron chi connectivity index (χ4n) is 2.38. The summed E-state index contributed by atoms with van der Waals surface area (Å²) in [5, 5.41) is 9.78. The lowest BCUT2D eigenvalue weighted by atomic mass is 10.2. The number of aliphatic carboxylic acids is 1. The summed E-state index contributed by atoms with van der Waals surface area (Å²) in [7, 11) is 0. The number of carbonyl (C=O) groups is 1. The highest BCUT2D eigenvalue weighted by Gasteiger charge is 2.17. The smallest absolute Gasteiger partial charge is 0.307 e. The van der Waals surface area contributed by atoms with Crippen molar-refractivity contribution in [3.05, 3.63) is 47.4 Å². The van der Waals surface area contributed by atoms with Crippen LogP contribution in [0.1, 0.15) is 23.2 Å². The number of carboxylic acid groups (broad SMARTS) is 1. The molecule has 5 heteroatoms. The number of benzene rings is 1. The minimum Gasteiger partial charge on any atom is -0.481 e. The highest BCUT2D eigenvalue weighted by Crippen LogP contribution is 2.33. The van der Waals surface area contributed by atoms with Gasteiger partial charge in [0.15, 0.2) is 0 Å². The van der Waals surface area contributed by atoms with Gasteiger partial charge >= 0.3 is 5.97 Å². The maximum atomic E-state index is 10.7. The van der Waals surface area contributed by atoms with E-state index in [4.69, 9.17) is 5.11 Å². The first-order valence-corrected chi connectivity index (χ1v) is 7.35. The summed E-state index contributed by atoms with van der Waals surface area (Å²) in [5.74, 6) is -0.806. The molecule has 20 heavy (non-hydrogen) atoms. The highest BCUT2D eigenvalue weighted by atomic mass is 32.2. The van der Waals surface area contributed by atoms with Crippen molar-refractivity contribution in [1.29, 1.82) is 0 Å². The zero-order valence-corrected chi connectivity index (χ0v) is 11.7. The van der Waals surface area contributed by atoms with E-state index in [9.17, 15) is 4.79 Å². The van der Waals surface area contributed by atoms with Crippen LogP contribution in [0, 0.1) is 0 Å². The molecule has 0 fully saturated rings. The van der Waals surface area contributed by atoms with Gasteiger partial charge in [0.2, 0.25) is 0 Å². The number of rotatable bonds is 4. The molecule has 1 aliphatic carbocycles. The Labute approximate surface area is 121 Å². The van der Waals surface area contributed by atoms with Crippen molar-refractivity contribution in [1.82, 2.24) is 9.97 Å². The van der Waals surface area contributed by atoms with Gasteiger partial charge in [-0.3, -0.25) is 4.79 Å². The normalized spacial score (nSPS) is 13.2. The van der Waals surface area contributed by atoms with Crippen molar-refractivity contribution in [2.45, 2.75) is 35.6 Å². The van der Waals surface area contributed by atoms with Gasteiger partial charge in [-0.2, -0.15) is 0 Å². The lowest BCUT2D eigenvalue weighted by Crippen LogP contribution is -1.99. The van der Waals surface area contributed by atoms with Crippen molar-refractivity contribution in [2.24, 2.45) is 0 Å². The van der Waals surface area contributed by atoms with Crippen molar-refractivity contribution in [2.75, 3.05) is 0 Å². The number of aromatic nitrogens is 2. The van der Waals surface area contributed by atoms with E-state index in [1.807, 2.05) is 24.3 Å². The molecule has 2 aromatic rings. The monoisotopic (exact) mass is 286 g/mol. The predicted molar refractivity (Wildman–Crippen MR) is 76.0 cm³/mol. The quantitative estimate of drug-likeness (QED) is 0.876. The molecule has 4 nitrogen and oxygen atoms in total. The van der Waals surface area contributed by atoms with Crippen molar-refractivity contribution in [3.8, 4) is 0 Å². The first-order valence-electron chi connectivity index (χ1n) is 6.54. The fraction of sp³-hybridized carbons (Fsp3) is 0.267. The molecule has 0 amide bonds. The number of hydrogen-bond donors (Lipinski definition) is 1. The molecule has 3 rings (SSSR count). The second-order valence-corrected chi connectivity index (χ2v) is 5.84. The van der Waals surface area contributed by atoms with Crippen LogP contribution in [-0.2, 0) is 24.1 Å². The van der Waals surface area contributed by atoms with Crippen LogP contribution in [0.15, 0.2) is 40.5 Å². The minimum atomic E-state index is -0.806. The zero-order chi connectivity index (χ0) is 13.9. The van der Waals surface area contributed by atoms with Gasteiger partial charge in [-0.05, 0) is 37.0 Å². The maximum Gasteiger partial charge on any atom is 0.307 e. The molecule has 102 valence electrons. The number of nitrogens with zero attached hydrogens (tertiary/aromatic N) is 2. The van der Waals surface area contributed by atoms with E-state index in [1.165, 1.54) is 11.3 Å². The molecule has 0 bridgehead atoms. The standard InChI is InChI=1S/C15H14N2O2S/c18-14(19)8-10-4-6-11(7-5-10)20-15-12-2-1-3-13(12)16-9-17-15/h4-7,9H,1-3,8H2,(H,18,19). The molecule has 1 aromatic heterocycles. The Kier molecular flexibility index (Phi) is 3.69. The van der Waals surface area contributed by atoms with E-state index in [0.29, 0.717) is 0 Å². The lowest BCUT2D eigenvalue weighted by molar-refractivity contribution is -0.136. The molecule has 0 saturated carbocycles. The zero-order valence-electron chi connectivity index (χ0n) is 10.9. The van der Waals surface area contributed by atoms with Gasteiger partial charge in [-0.15, -0.1) is 0 Å². The minimum absolute atomic E-state index is 0.0633. The summed E-state index contributed by atoms with van der Waals surface area (Å²) >= 11 is 1.62. The van der Waals surface area contributed by atoms with Crippen LogP contribution in [0.4, 0.5) is 0 Å². The third kappa shape index (κ3) is 2.82. The van der Waals surface area contributed by atoms with Crippen molar-refractivity contribution < 1.29 is 9.90 Å². The van der Waals surface area contributed by atoms with Crippen LogP contribution in [0.3, 0.4) is 0 Å². The van der Waals surface area contributed by atoms with E-state index in [-0.39, 0.29) is 6.42 Å². The summed E-state index contributed by atoms with van der Waals surface area (Å²) in [6, 6.07) is 7.62. The highest BCUT2D eigenvalue weighted by molar-refractivity contribution is 7.99. The van der Waals surface area contributed by atoms with Crippen LogP contribution in [0.2, 0.25) is 0 Å². The van der Waals surface area contributed by atoms with Gasteiger partial charge in [0, 0.05) is 16.2 Å². The van der Waals surface area contributed by atoms with Gasteiger partial charge in [0.05, 0.1) is 6.42 Å². The molecule has 0 radical (unpaired) electrons. The first-order chi connectivity index (χ1) is 9.72. The number of hydrogen-bond acceptors (Lipinski definition) is 4. The molecule has 1 aliphatic rings. The van der Waals surface area contributed by atoms with E-state index < -0.39 is 5.97 Å². The average Bonchev–Trinajstić information content (AvgIpc) is 2.90. The Balaban J connectivity index is 1.78. The molecule has 0 spiro atoms. The Bertz CT molecular complexity index is 641. The molecule has 0 saturated heterocycles. The van der Waals surface area contributed by atoms with E-state index in [0.717, 1.165) is 34.7 Å². The summed E-state index contributed by atoms with van der Waals surface area (Å²) in [6.45, 7) is 0. The van der Waals surface area contributed by atoms with Gasteiger partial charge in [0.1, 0.15) is 11.4 Å². The first kappa shape index (κ1) is 13.1. The molecule has 1 aromatic carbocycles. The third-order valence-electron chi connectivity index (χ3n) is 3.33. The van der Waals surface area contributed by atoms with Crippen LogP contribution < -0.4 is 0 Å². The largest absolute Gasteiger partial charge is 0.481 e. The molecule has 0 unspecified atom stereocenters. The second kappa shape index (κ2) is 5.63. The Morgan fingerprint density at radius 2 is 2.00 bits per heavy atom. The summed E-state index contributed by atoms with van der Waals surface area (Å²) in [5.41, 5.74) is 3.26. The summed E-state index contributed by atoms with van der Waals surface area (Å²) < 4.78 is 0. The van der Waals surface area contributed by atoms with E-state index in [2.05, 4.69) is 9.97 Å². The van der Waals surface area contributed by atoms with E-state index >= 15 is 0 Å². The van der Waals surface area contributed by atoms with Gasteiger partial charge in [-0.25, -0.2) is 9.97 Å². The number of aryl methyl sites for hydroxylation is 1. The SMILES string of the molecule is O=C(O)Cc1ccc(Sc2ncnc3c2CCC3)cc1. The van der Waals surface area contributed by atoms with Gasteiger partial charge in [-0.1, -0.05) is 23.9 Å². The Morgan fingerprint density at radius 3 is 2.75 bits per heavy atom. The summed E-state index contributed by atoms with van der Waals surface area (Å²) in [4.78, 5) is 20.4. The van der Waals surface area contributed by atoms with E-state index in [1.54, 1.807) is 18.1 Å². The van der Waals surface area contributed by atoms with Gasteiger partial charge in [0.25, 0.3) is 0 Å². The molecule has 1 N–H and O–H groups in total. The molecule has 0 atom stereocenters. The lowest BCUT2D eigenvalue weighted by Gasteiger charge is -2.06. The molecule has 0 aliphatic heterocycles.